The molecule has 4 rings (SSSR count). The van der Waals surface area contributed by atoms with Crippen LogP contribution in [0.4, 0.5) is 10.1 Å². The largest absolute Gasteiger partial charge is 0.477 e. The van der Waals surface area contributed by atoms with Crippen LogP contribution >= 0.6 is 0 Å². The molecule has 1 saturated heterocycles. The van der Waals surface area contributed by atoms with Crippen LogP contribution < -0.4 is 15.6 Å². The number of pyridine rings is 1. The SMILES string of the molecule is CC(=O)c1ccc(-n2cc(C(=O)O)c(=O)c3cc(F)c(N4CCNCC4)cc32)cc1. The molecule has 0 amide bonds. The molecule has 0 spiro atoms. The average molecular weight is 409 g/mol. The summed E-state index contributed by atoms with van der Waals surface area (Å²) in [4.78, 5) is 37.8. The van der Waals surface area contributed by atoms with Gasteiger partial charge in [-0.3, -0.25) is 9.59 Å². The molecule has 1 fully saturated rings. The second-order valence-electron chi connectivity index (χ2n) is 7.21. The highest BCUT2D eigenvalue weighted by Gasteiger charge is 2.21. The first kappa shape index (κ1) is 19.8. The molecule has 30 heavy (non-hydrogen) atoms. The lowest BCUT2D eigenvalue weighted by Crippen LogP contribution is -2.43. The van der Waals surface area contributed by atoms with Crippen LogP contribution in [0.25, 0.3) is 16.6 Å². The lowest BCUT2D eigenvalue weighted by atomic mass is 10.1. The highest BCUT2D eigenvalue weighted by molar-refractivity contribution is 5.95. The summed E-state index contributed by atoms with van der Waals surface area (Å²) in [5.41, 5.74) is 0.643. The van der Waals surface area contributed by atoms with Gasteiger partial charge in [-0.1, -0.05) is 0 Å². The van der Waals surface area contributed by atoms with Crippen molar-refractivity contribution in [2.45, 2.75) is 6.92 Å². The van der Waals surface area contributed by atoms with E-state index in [1.54, 1.807) is 34.9 Å². The van der Waals surface area contributed by atoms with Gasteiger partial charge in [-0.2, -0.15) is 0 Å². The first-order chi connectivity index (χ1) is 14.4. The number of fused-ring (bicyclic) bond motifs is 1. The molecule has 3 aromatic rings. The molecular formula is C22H20FN3O4. The van der Waals surface area contributed by atoms with Gasteiger partial charge >= 0.3 is 5.97 Å². The Labute approximate surface area is 171 Å². The fourth-order valence-electron chi connectivity index (χ4n) is 3.71. The Morgan fingerprint density at radius 3 is 2.37 bits per heavy atom. The molecule has 1 aliphatic rings. The first-order valence-electron chi connectivity index (χ1n) is 9.56. The molecule has 0 atom stereocenters. The fraction of sp³-hybridized carbons (Fsp3) is 0.227. The zero-order valence-electron chi connectivity index (χ0n) is 16.3. The number of carboxylic acids is 1. The number of aromatic carboxylic acids is 1. The minimum atomic E-state index is -1.39. The van der Waals surface area contributed by atoms with Gasteiger partial charge in [-0.05, 0) is 43.3 Å². The predicted octanol–water partition coefficient (Wildman–Crippen LogP) is 2.44. The number of carbonyl (C=O) groups excluding carboxylic acids is 1. The molecule has 2 heterocycles. The molecule has 1 aliphatic heterocycles. The van der Waals surface area contributed by atoms with Crippen molar-refractivity contribution in [1.29, 1.82) is 0 Å². The summed E-state index contributed by atoms with van der Waals surface area (Å²) < 4.78 is 16.4. The summed E-state index contributed by atoms with van der Waals surface area (Å²) in [5.74, 6) is -2.05. The zero-order valence-corrected chi connectivity index (χ0v) is 16.3. The number of hydrogen-bond acceptors (Lipinski definition) is 5. The summed E-state index contributed by atoms with van der Waals surface area (Å²) in [7, 11) is 0. The minimum absolute atomic E-state index is 0.0121. The van der Waals surface area contributed by atoms with E-state index in [1.807, 2.05) is 4.90 Å². The molecule has 0 bridgehead atoms. The topological polar surface area (TPSA) is 91.6 Å². The second-order valence-corrected chi connectivity index (χ2v) is 7.21. The van der Waals surface area contributed by atoms with Crippen molar-refractivity contribution in [2.75, 3.05) is 31.1 Å². The number of carbonyl (C=O) groups is 2. The highest BCUT2D eigenvalue weighted by atomic mass is 19.1. The van der Waals surface area contributed by atoms with Crippen molar-refractivity contribution in [2.24, 2.45) is 0 Å². The number of nitrogens with one attached hydrogen (secondary N) is 1. The Balaban J connectivity index is 1.98. The third-order valence-electron chi connectivity index (χ3n) is 5.31. The molecule has 154 valence electrons. The van der Waals surface area contributed by atoms with Gasteiger partial charge in [0.15, 0.2) is 5.78 Å². The number of ketones is 1. The Kier molecular flexibility index (Phi) is 5.09. The third-order valence-corrected chi connectivity index (χ3v) is 5.31. The number of aromatic nitrogens is 1. The van der Waals surface area contributed by atoms with E-state index >= 15 is 0 Å². The number of Topliss-reactive ketones (excluding diaryl/α,β-unsaturated/α-hetero) is 1. The molecule has 1 aromatic heterocycles. The Morgan fingerprint density at radius 1 is 1.10 bits per heavy atom. The van der Waals surface area contributed by atoms with E-state index in [2.05, 4.69) is 5.32 Å². The maximum Gasteiger partial charge on any atom is 0.341 e. The van der Waals surface area contributed by atoms with Crippen molar-refractivity contribution >= 4 is 28.3 Å². The number of benzene rings is 2. The Morgan fingerprint density at radius 2 is 1.77 bits per heavy atom. The minimum Gasteiger partial charge on any atom is -0.477 e. The molecule has 8 heteroatoms. The zero-order chi connectivity index (χ0) is 21.4. The van der Waals surface area contributed by atoms with Gasteiger partial charge < -0.3 is 19.9 Å². The normalized spacial score (nSPS) is 14.1. The third kappa shape index (κ3) is 3.46. The van der Waals surface area contributed by atoms with E-state index in [9.17, 15) is 23.9 Å². The van der Waals surface area contributed by atoms with Gasteiger partial charge in [0.05, 0.1) is 11.2 Å². The number of hydrogen-bond donors (Lipinski definition) is 2. The van der Waals surface area contributed by atoms with Crippen molar-refractivity contribution in [3.05, 3.63) is 69.8 Å². The number of nitrogens with zero attached hydrogens (tertiary/aromatic N) is 2. The van der Waals surface area contributed by atoms with Gasteiger partial charge in [0.25, 0.3) is 0 Å². The van der Waals surface area contributed by atoms with Crippen molar-refractivity contribution < 1.29 is 19.1 Å². The van der Waals surface area contributed by atoms with Gasteiger partial charge in [0, 0.05) is 49.0 Å². The van der Waals surface area contributed by atoms with Crippen LogP contribution in [0.5, 0.6) is 0 Å². The van der Waals surface area contributed by atoms with E-state index in [0.29, 0.717) is 35.5 Å². The van der Waals surface area contributed by atoms with E-state index < -0.39 is 22.8 Å². The smallest absolute Gasteiger partial charge is 0.341 e. The molecule has 7 nitrogen and oxygen atoms in total. The molecule has 0 aliphatic carbocycles. The van der Waals surface area contributed by atoms with Gasteiger partial charge in [0.1, 0.15) is 11.4 Å². The van der Waals surface area contributed by atoms with E-state index in [0.717, 1.165) is 19.2 Å². The Hall–Kier alpha value is -3.52. The van der Waals surface area contributed by atoms with Crippen molar-refractivity contribution in [3.63, 3.8) is 0 Å². The van der Waals surface area contributed by atoms with Crippen molar-refractivity contribution in [3.8, 4) is 5.69 Å². The fourth-order valence-corrected chi connectivity index (χ4v) is 3.71. The molecular weight excluding hydrogens is 389 g/mol. The van der Waals surface area contributed by atoms with Crippen molar-refractivity contribution in [1.82, 2.24) is 9.88 Å². The number of rotatable bonds is 4. The second kappa shape index (κ2) is 7.72. The summed E-state index contributed by atoms with van der Waals surface area (Å²) in [5, 5.41) is 12.7. The van der Waals surface area contributed by atoms with E-state index in [-0.39, 0.29) is 11.2 Å². The quantitative estimate of drug-likeness (QED) is 0.643. The van der Waals surface area contributed by atoms with E-state index in [4.69, 9.17) is 0 Å². The maximum absolute atomic E-state index is 14.9. The van der Waals surface area contributed by atoms with Crippen LogP contribution in [0.1, 0.15) is 27.6 Å². The number of halogens is 1. The summed E-state index contributed by atoms with van der Waals surface area (Å²) in [6.45, 7) is 4.12. The maximum atomic E-state index is 14.9. The number of piperazine rings is 1. The van der Waals surface area contributed by atoms with Gasteiger partial charge in [0.2, 0.25) is 5.43 Å². The van der Waals surface area contributed by atoms with Gasteiger partial charge in [-0.15, -0.1) is 0 Å². The molecule has 0 unspecified atom stereocenters. The van der Waals surface area contributed by atoms with Crippen LogP contribution in [0.2, 0.25) is 0 Å². The molecule has 0 saturated carbocycles. The summed E-state index contributed by atoms with van der Waals surface area (Å²) in [6.07, 6.45) is 1.25. The lowest BCUT2D eigenvalue weighted by molar-refractivity contribution is 0.0695. The standard InChI is InChI=1S/C22H20FN3O4/c1-13(27)14-2-4-15(5-3-14)26-12-17(22(29)30)21(28)16-10-18(23)20(11-19(16)26)25-8-6-24-7-9-25/h2-5,10-12,24H,6-9H2,1H3,(H,29,30). The van der Waals surface area contributed by atoms with Crippen LogP contribution in [0, 0.1) is 5.82 Å². The monoisotopic (exact) mass is 409 g/mol. The van der Waals surface area contributed by atoms with Crippen LogP contribution in [0.15, 0.2) is 47.4 Å². The highest BCUT2D eigenvalue weighted by Crippen LogP contribution is 2.27. The van der Waals surface area contributed by atoms with Gasteiger partial charge in [-0.25, -0.2) is 9.18 Å². The van der Waals surface area contributed by atoms with E-state index in [1.165, 1.54) is 13.1 Å². The molecule has 0 radical (unpaired) electrons. The summed E-state index contributed by atoms with van der Waals surface area (Å²) in [6, 6.07) is 9.29. The van der Waals surface area contributed by atoms with Crippen LogP contribution in [-0.4, -0.2) is 47.6 Å². The molecule has 2 aromatic carbocycles. The summed E-state index contributed by atoms with van der Waals surface area (Å²) >= 11 is 0. The average Bonchev–Trinajstić information content (AvgIpc) is 2.74. The van der Waals surface area contributed by atoms with Crippen LogP contribution in [0.3, 0.4) is 0 Å². The lowest BCUT2D eigenvalue weighted by Gasteiger charge is -2.30. The number of carboxylic acid groups (broad SMARTS) is 1. The number of anilines is 1. The molecule has 2 N–H and O–H groups in total. The van der Waals surface area contributed by atoms with Crippen LogP contribution in [-0.2, 0) is 0 Å². The Bertz CT molecular complexity index is 1210. The predicted molar refractivity (Wildman–Crippen MR) is 112 cm³/mol. The first-order valence-corrected chi connectivity index (χ1v) is 9.56.